The molecule has 1 aliphatic heterocycles. The number of nitrogens with two attached hydrogens (primary N) is 2. The average molecular weight is 261 g/mol. The topological polar surface area (TPSA) is 94.3 Å². The molecule has 5 nitrogen and oxygen atoms in total. The second-order valence-electron chi connectivity index (χ2n) is 5.85. The molecule has 0 amide bonds. The molecule has 1 aliphatic rings. The predicted molar refractivity (Wildman–Crippen MR) is 77.6 cm³/mol. The summed E-state index contributed by atoms with van der Waals surface area (Å²) in [5.41, 5.74) is 12.4. The highest BCUT2D eigenvalue weighted by atomic mass is 16.7. The van der Waals surface area contributed by atoms with Crippen LogP contribution in [0.4, 0.5) is 5.69 Å². The number of nitrogen functional groups attached to an aromatic ring is 2. The maximum atomic E-state index is 7.42. The molecular weight excluding hydrogens is 241 g/mol. The zero-order valence-electron chi connectivity index (χ0n) is 11.8. The van der Waals surface area contributed by atoms with Gasteiger partial charge >= 0.3 is 7.12 Å². The van der Waals surface area contributed by atoms with E-state index in [4.69, 9.17) is 26.2 Å². The molecule has 1 aromatic rings. The van der Waals surface area contributed by atoms with Gasteiger partial charge in [-0.1, -0.05) is 6.07 Å². The lowest BCUT2D eigenvalue weighted by Crippen LogP contribution is -2.41. The van der Waals surface area contributed by atoms with Gasteiger partial charge in [-0.05, 0) is 45.3 Å². The summed E-state index contributed by atoms with van der Waals surface area (Å²) in [5.74, 6) is -0.0435. The minimum Gasteiger partial charge on any atom is -0.399 e. The largest absolute Gasteiger partial charge is 0.494 e. The van der Waals surface area contributed by atoms with Crippen LogP contribution in [-0.4, -0.2) is 24.2 Å². The van der Waals surface area contributed by atoms with E-state index in [2.05, 4.69) is 0 Å². The van der Waals surface area contributed by atoms with Crippen LogP contribution >= 0.6 is 0 Å². The molecule has 0 aromatic heterocycles. The number of hydrogen-bond donors (Lipinski definition) is 3. The monoisotopic (exact) mass is 261 g/mol. The van der Waals surface area contributed by atoms with E-state index in [9.17, 15) is 0 Å². The second kappa shape index (κ2) is 4.25. The summed E-state index contributed by atoms with van der Waals surface area (Å²) in [6, 6.07) is 5.30. The van der Waals surface area contributed by atoms with Gasteiger partial charge in [0.2, 0.25) is 0 Å². The third kappa shape index (κ3) is 2.33. The standard InChI is InChI=1S/C13H20BN3O2/c1-12(2)13(3,4)19-14(18-12)8-5-6-9(11(16)17)10(15)7-8/h5-7H,15H2,1-4H3,(H3,16,17). The molecule has 19 heavy (non-hydrogen) atoms. The Labute approximate surface area is 113 Å². The molecule has 0 unspecified atom stereocenters. The van der Waals surface area contributed by atoms with Gasteiger partial charge in [0.15, 0.2) is 0 Å². The van der Waals surface area contributed by atoms with Crippen LogP contribution in [-0.2, 0) is 9.31 Å². The van der Waals surface area contributed by atoms with Crippen LogP contribution in [0.5, 0.6) is 0 Å². The van der Waals surface area contributed by atoms with Gasteiger partial charge in [-0.3, -0.25) is 5.41 Å². The number of nitrogens with one attached hydrogen (secondary N) is 1. The first-order chi connectivity index (χ1) is 8.64. The molecule has 1 fully saturated rings. The number of rotatable bonds is 2. The van der Waals surface area contributed by atoms with E-state index in [1.807, 2.05) is 33.8 Å². The Kier molecular flexibility index (Phi) is 3.11. The van der Waals surface area contributed by atoms with E-state index in [1.54, 1.807) is 12.1 Å². The van der Waals surface area contributed by atoms with Crippen LogP contribution in [0.15, 0.2) is 18.2 Å². The summed E-state index contributed by atoms with van der Waals surface area (Å²) in [4.78, 5) is 0. The lowest BCUT2D eigenvalue weighted by atomic mass is 9.78. The van der Waals surface area contributed by atoms with E-state index in [-0.39, 0.29) is 17.0 Å². The summed E-state index contributed by atoms with van der Waals surface area (Å²) in [7, 11) is -0.451. The maximum absolute atomic E-state index is 7.42. The summed E-state index contributed by atoms with van der Waals surface area (Å²) in [6.07, 6.45) is 0. The Hall–Kier alpha value is -1.53. The number of hydrogen-bond acceptors (Lipinski definition) is 4. The molecule has 0 aliphatic carbocycles. The highest BCUT2D eigenvalue weighted by molar-refractivity contribution is 6.62. The Bertz CT molecular complexity index is 513. The molecule has 5 N–H and O–H groups in total. The summed E-state index contributed by atoms with van der Waals surface area (Å²) in [6.45, 7) is 8.00. The molecule has 1 saturated heterocycles. The first-order valence-corrected chi connectivity index (χ1v) is 6.23. The highest BCUT2D eigenvalue weighted by Crippen LogP contribution is 2.36. The van der Waals surface area contributed by atoms with Gasteiger partial charge in [-0.15, -0.1) is 0 Å². The number of amidine groups is 1. The van der Waals surface area contributed by atoms with Crippen LogP contribution in [0.3, 0.4) is 0 Å². The SMILES string of the molecule is CC1(C)OB(c2ccc(C(=N)N)c(N)c2)OC1(C)C. The van der Waals surface area contributed by atoms with Crippen LogP contribution in [0.2, 0.25) is 0 Å². The zero-order chi connectivity index (χ0) is 14.4. The molecule has 0 radical (unpaired) electrons. The molecule has 6 heteroatoms. The highest BCUT2D eigenvalue weighted by Gasteiger charge is 2.51. The van der Waals surface area contributed by atoms with Crippen molar-refractivity contribution in [2.24, 2.45) is 5.73 Å². The van der Waals surface area contributed by atoms with E-state index < -0.39 is 7.12 Å². The van der Waals surface area contributed by atoms with E-state index in [0.717, 1.165) is 5.46 Å². The van der Waals surface area contributed by atoms with Gasteiger partial charge in [-0.25, -0.2) is 0 Å². The van der Waals surface area contributed by atoms with E-state index in [1.165, 1.54) is 0 Å². The van der Waals surface area contributed by atoms with Gasteiger partial charge in [-0.2, -0.15) is 0 Å². The Morgan fingerprint density at radius 2 is 1.68 bits per heavy atom. The molecule has 0 spiro atoms. The van der Waals surface area contributed by atoms with Crippen LogP contribution in [0.25, 0.3) is 0 Å². The smallest absolute Gasteiger partial charge is 0.399 e. The van der Waals surface area contributed by atoms with Gasteiger partial charge in [0.05, 0.1) is 11.2 Å². The molecule has 0 atom stereocenters. The fourth-order valence-corrected chi connectivity index (χ4v) is 1.95. The first kappa shape index (κ1) is 13.9. The zero-order valence-corrected chi connectivity index (χ0v) is 11.8. The summed E-state index contributed by atoms with van der Waals surface area (Å²) in [5, 5.41) is 7.42. The van der Waals surface area contributed by atoms with Gasteiger partial charge in [0.1, 0.15) is 5.84 Å². The number of anilines is 1. The van der Waals surface area contributed by atoms with E-state index in [0.29, 0.717) is 11.3 Å². The lowest BCUT2D eigenvalue weighted by Gasteiger charge is -2.32. The van der Waals surface area contributed by atoms with Crippen molar-refractivity contribution in [3.05, 3.63) is 23.8 Å². The minimum atomic E-state index is -0.451. The lowest BCUT2D eigenvalue weighted by molar-refractivity contribution is 0.00578. The quantitative estimate of drug-likeness (QED) is 0.318. The molecule has 0 bridgehead atoms. The van der Waals surface area contributed by atoms with Crippen molar-refractivity contribution < 1.29 is 9.31 Å². The van der Waals surface area contributed by atoms with Crippen molar-refractivity contribution >= 4 is 24.1 Å². The van der Waals surface area contributed by atoms with Crippen LogP contribution in [0.1, 0.15) is 33.3 Å². The third-order valence-corrected chi connectivity index (χ3v) is 3.89. The molecule has 2 rings (SSSR count). The first-order valence-electron chi connectivity index (χ1n) is 6.23. The van der Waals surface area contributed by atoms with Crippen molar-refractivity contribution in [1.82, 2.24) is 0 Å². The summed E-state index contributed by atoms with van der Waals surface area (Å²) < 4.78 is 11.9. The van der Waals surface area contributed by atoms with Gasteiger partial charge < -0.3 is 20.8 Å². The molecule has 1 heterocycles. The molecule has 0 saturated carbocycles. The second-order valence-corrected chi connectivity index (χ2v) is 5.85. The molecule has 1 aromatic carbocycles. The van der Waals surface area contributed by atoms with Crippen molar-refractivity contribution in [3.8, 4) is 0 Å². The fourth-order valence-electron chi connectivity index (χ4n) is 1.95. The van der Waals surface area contributed by atoms with Crippen LogP contribution < -0.4 is 16.9 Å². The minimum absolute atomic E-state index is 0.0435. The number of benzene rings is 1. The van der Waals surface area contributed by atoms with Crippen molar-refractivity contribution in [2.45, 2.75) is 38.9 Å². The van der Waals surface area contributed by atoms with Crippen molar-refractivity contribution in [1.29, 1.82) is 5.41 Å². The van der Waals surface area contributed by atoms with Crippen molar-refractivity contribution in [2.75, 3.05) is 5.73 Å². The fraction of sp³-hybridized carbons (Fsp3) is 0.462. The van der Waals surface area contributed by atoms with Crippen LogP contribution in [0, 0.1) is 5.41 Å². The molecule has 102 valence electrons. The van der Waals surface area contributed by atoms with Gasteiger partial charge in [0, 0.05) is 11.3 Å². The average Bonchev–Trinajstić information content (AvgIpc) is 2.47. The summed E-state index contributed by atoms with van der Waals surface area (Å²) >= 11 is 0. The van der Waals surface area contributed by atoms with Gasteiger partial charge in [0.25, 0.3) is 0 Å². The van der Waals surface area contributed by atoms with E-state index >= 15 is 0 Å². The normalized spacial score (nSPS) is 20.5. The van der Waals surface area contributed by atoms with Crippen molar-refractivity contribution in [3.63, 3.8) is 0 Å². The molecular formula is C13H20BN3O2. The Morgan fingerprint density at radius 1 is 1.16 bits per heavy atom. The third-order valence-electron chi connectivity index (χ3n) is 3.89. The maximum Gasteiger partial charge on any atom is 0.494 e. The predicted octanol–water partition coefficient (Wildman–Crippen LogP) is 0.852. The Morgan fingerprint density at radius 3 is 2.11 bits per heavy atom. The Balaban J connectivity index is 2.31.